The number of fused-ring (bicyclic) bond motifs is 2. The second kappa shape index (κ2) is 6.65. The number of quaternary nitrogens is 1. The number of rotatable bonds is 2. The van der Waals surface area contributed by atoms with E-state index >= 15 is 0 Å². The summed E-state index contributed by atoms with van der Waals surface area (Å²) in [5.41, 5.74) is 0. The molecule has 0 radical (unpaired) electrons. The molecule has 0 unspecified atom stereocenters. The molecule has 2 bridgehead atoms. The van der Waals surface area contributed by atoms with Gasteiger partial charge in [0.25, 0.3) is 0 Å². The van der Waals surface area contributed by atoms with Gasteiger partial charge in [-0.3, -0.25) is 4.90 Å². The van der Waals surface area contributed by atoms with Crippen LogP contribution in [0.4, 0.5) is 0 Å². The van der Waals surface area contributed by atoms with Gasteiger partial charge >= 0.3 is 0 Å². The van der Waals surface area contributed by atoms with E-state index in [0.29, 0.717) is 6.29 Å². The lowest BCUT2D eigenvalue weighted by atomic mass is 9.80. The number of carbonyl (C=O) groups excluding carboxylic acids is 2. The second-order valence-electron chi connectivity index (χ2n) is 6.11. The van der Waals surface area contributed by atoms with Crippen LogP contribution in [0.2, 0.25) is 0 Å². The Morgan fingerprint density at radius 2 is 1.90 bits per heavy atom. The van der Waals surface area contributed by atoms with Crippen LogP contribution in [0.15, 0.2) is 0 Å². The van der Waals surface area contributed by atoms with Crippen molar-refractivity contribution in [2.45, 2.75) is 25.0 Å². The van der Waals surface area contributed by atoms with Gasteiger partial charge in [0.05, 0.1) is 38.3 Å². The monoisotopic (exact) mass is 284 g/mol. The third-order valence-electron chi connectivity index (χ3n) is 4.60. The van der Waals surface area contributed by atoms with E-state index in [2.05, 4.69) is 19.0 Å². The van der Waals surface area contributed by atoms with E-state index in [1.54, 1.807) is 4.90 Å². The summed E-state index contributed by atoms with van der Waals surface area (Å²) in [4.78, 5) is 25.2. The Morgan fingerprint density at radius 3 is 2.35 bits per heavy atom. The first-order valence-corrected chi connectivity index (χ1v) is 7.34. The molecule has 3 saturated heterocycles. The number of hydrogen-bond acceptors (Lipinski definition) is 5. The number of aldehydes is 1. The van der Waals surface area contributed by atoms with E-state index in [-0.39, 0.29) is 12.2 Å². The lowest BCUT2D eigenvalue weighted by Crippen LogP contribution is -3.11. The molecule has 0 saturated carbocycles. The molecule has 0 amide bonds. The fourth-order valence-corrected chi connectivity index (χ4v) is 3.20. The van der Waals surface area contributed by atoms with Gasteiger partial charge in [0, 0.05) is 25.0 Å². The Labute approximate surface area is 119 Å². The van der Waals surface area contributed by atoms with Crippen molar-refractivity contribution < 1.29 is 24.3 Å². The molecule has 3 aliphatic rings. The Bertz CT molecular complexity index is 345. The topological polar surface area (TPSA) is 74.1 Å². The Balaban J connectivity index is 0.000000160. The number of carbonyl (C=O) groups is 2. The highest BCUT2D eigenvalue weighted by Crippen LogP contribution is 2.42. The lowest BCUT2D eigenvalue weighted by molar-refractivity contribution is -0.884. The number of carboxylic acid groups (broad SMARTS) is 1. The molecule has 3 fully saturated rings. The summed E-state index contributed by atoms with van der Waals surface area (Å²) in [5, 5.41) is 10.6. The Morgan fingerprint density at radius 1 is 1.30 bits per heavy atom. The predicted octanol–water partition coefficient (Wildman–Crippen LogP) is -2.82. The third-order valence-corrected chi connectivity index (χ3v) is 4.60. The summed E-state index contributed by atoms with van der Waals surface area (Å²) in [6, 6.07) is 0. The number of aliphatic carboxylic acids is 1. The molecule has 0 aromatic carbocycles. The lowest BCUT2D eigenvalue weighted by Gasteiger charge is -2.26. The molecule has 6 nitrogen and oxygen atoms in total. The number of hydrogen-bond donors (Lipinski definition) is 1. The van der Waals surface area contributed by atoms with Gasteiger partial charge in [-0.2, -0.15) is 0 Å². The van der Waals surface area contributed by atoms with Crippen molar-refractivity contribution >= 4 is 12.3 Å². The van der Waals surface area contributed by atoms with Crippen LogP contribution in [0.3, 0.4) is 0 Å². The number of nitrogens with zero attached hydrogens (tertiary/aromatic N) is 1. The SMILES string of the molecule is CN1CC[NH+](C)CC1.O=C[C@@H]1[C@H](C(=O)[O-])[C@H]2CC[C@@H]1O2. The molecule has 0 aromatic heterocycles. The van der Waals surface area contributed by atoms with E-state index < -0.39 is 17.8 Å². The van der Waals surface area contributed by atoms with Gasteiger partial charge in [-0.05, 0) is 19.9 Å². The summed E-state index contributed by atoms with van der Waals surface area (Å²) in [7, 11) is 4.44. The van der Waals surface area contributed by atoms with Gasteiger partial charge in [-0.15, -0.1) is 0 Å². The van der Waals surface area contributed by atoms with Crippen LogP contribution in [0.5, 0.6) is 0 Å². The molecule has 4 atom stereocenters. The van der Waals surface area contributed by atoms with Crippen molar-refractivity contribution in [3.05, 3.63) is 0 Å². The summed E-state index contributed by atoms with van der Waals surface area (Å²) < 4.78 is 5.30. The summed E-state index contributed by atoms with van der Waals surface area (Å²) in [6.45, 7) is 5.17. The average molecular weight is 284 g/mol. The molecular formula is C14H24N2O4. The zero-order valence-electron chi connectivity index (χ0n) is 12.2. The van der Waals surface area contributed by atoms with Gasteiger partial charge in [-0.1, -0.05) is 0 Å². The van der Waals surface area contributed by atoms with Crippen LogP contribution in [-0.2, 0) is 14.3 Å². The van der Waals surface area contributed by atoms with E-state index in [4.69, 9.17) is 4.74 Å². The first-order valence-electron chi connectivity index (χ1n) is 7.34. The maximum atomic E-state index is 10.6. The van der Waals surface area contributed by atoms with Crippen molar-refractivity contribution in [2.24, 2.45) is 11.8 Å². The summed E-state index contributed by atoms with van der Waals surface area (Å²) in [5.74, 6) is -2.34. The van der Waals surface area contributed by atoms with E-state index in [1.807, 2.05) is 0 Å². The standard InChI is InChI=1S/C8H10O4.C6H14N2/c9-3-4-5-1-2-6(12-5)7(4)8(10)11;1-7-3-5-8(2)6-4-7/h3-7H,1-2H2,(H,10,11);3-6H2,1-2H3/t4-,5-,6+,7-;/m0./s1. The van der Waals surface area contributed by atoms with E-state index in [0.717, 1.165) is 12.8 Å². The van der Waals surface area contributed by atoms with Crippen LogP contribution in [-0.4, -0.2) is 69.6 Å². The average Bonchev–Trinajstić information content (AvgIpc) is 3.02. The molecule has 6 heteroatoms. The van der Waals surface area contributed by atoms with Crippen LogP contribution < -0.4 is 10.0 Å². The minimum Gasteiger partial charge on any atom is -0.550 e. The van der Waals surface area contributed by atoms with Gasteiger partial charge < -0.3 is 24.3 Å². The fraction of sp³-hybridized carbons (Fsp3) is 0.857. The quantitative estimate of drug-likeness (QED) is 0.554. The summed E-state index contributed by atoms with van der Waals surface area (Å²) in [6.07, 6.45) is 1.78. The Kier molecular flexibility index (Phi) is 5.12. The van der Waals surface area contributed by atoms with Crippen molar-refractivity contribution in [3.63, 3.8) is 0 Å². The van der Waals surface area contributed by atoms with Crippen molar-refractivity contribution in [3.8, 4) is 0 Å². The van der Waals surface area contributed by atoms with Crippen molar-refractivity contribution in [1.82, 2.24) is 4.90 Å². The number of carboxylic acids is 1. The van der Waals surface area contributed by atoms with Crippen LogP contribution in [0.1, 0.15) is 12.8 Å². The molecule has 3 rings (SSSR count). The zero-order chi connectivity index (χ0) is 14.7. The molecule has 114 valence electrons. The molecule has 0 aromatic rings. The number of piperazine rings is 1. The van der Waals surface area contributed by atoms with Gasteiger partial charge in [-0.25, -0.2) is 0 Å². The highest BCUT2D eigenvalue weighted by atomic mass is 16.5. The first kappa shape index (κ1) is 15.4. The minimum atomic E-state index is -1.15. The zero-order valence-corrected chi connectivity index (χ0v) is 12.2. The molecular weight excluding hydrogens is 260 g/mol. The van der Waals surface area contributed by atoms with Crippen molar-refractivity contribution in [1.29, 1.82) is 0 Å². The largest absolute Gasteiger partial charge is 0.550 e. The molecule has 3 aliphatic heterocycles. The highest BCUT2D eigenvalue weighted by molar-refractivity contribution is 5.75. The molecule has 1 N–H and O–H groups in total. The minimum absolute atomic E-state index is 0.171. The molecule has 0 spiro atoms. The number of ether oxygens (including phenoxy) is 1. The van der Waals surface area contributed by atoms with Gasteiger partial charge in [0.15, 0.2) is 0 Å². The van der Waals surface area contributed by atoms with Crippen LogP contribution in [0.25, 0.3) is 0 Å². The highest BCUT2D eigenvalue weighted by Gasteiger charge is 2.49. The first-order chi connectivity index (χ1) is 9.52. The van der Waals surface area contributed by atoms with Gasteiger partial charge in [0.2, 0.25) is 0 Å². The Hall–Kier alpha value is -0.980. The molecule has 20 heavy (non-hydrogen) atoms. The van der Waals surface area contributed by atoms with Crippen LogP contribution >= 0.6 is 0 Å². The number of likely N-dealkylation sites (N-methyl/N-ethyl adjacent to an activating group) is 2. The maximum Gasteiger partial charge on any atom is 0.126 e. The summed E-state index contributed by atoms with van der Waals surface area (Å²) >= 11 is 0. The predicted molar refractivity (Wildman–Crippen MR) is 70.1 cm³/mol. The van der Waals surface area contributed by atoms with E-state index in [1.165, 1.54) is 26.2 Å². The normalized spacial score (nSPS) is 37.3. The smallest absolute Gasteiger partial charge is 0.126 e. The van der Waals surface area contributed by atoms with Crippen LogP contribution in [0, 0.1) is 11.8 Å². The van der Waals surface area contributed by atoms with E-state index in [9.17, 15) is 14.7 Å². The maximum absolute atomic E-state index is 10.6. The molecule has 0 aliphatic carbocycles. The second-order valence-corrected chi connectivity index (χ2v) is 6.11. The number of nitrogens with one attached hydrogen (secondary N) is 1. The molecule has 3 heterocycles. The third kappa shape index (κ3) is 3.37. The fourth-order valence-electron chi connectivity index (χ4n) is 3.20. The van der Waals surface area contributed by atoms with Crippen molar-refractivity contribution in [2.75, 3.05) is 40.3 Å². The van der Waals surface area contributed by atoms with Gasteiger partial charge in [0.1, 0.15) is 6.29 Å².